The van der Waals surface area contributed by atoms with E-state index in [1.807, 2.05) is 12.1 Å². The molecule has 17 nitrogen and oxygen atoms in total. The van der Waals surface area contributed by atoms with Gasteiger partial charge in [0.2, 0.25) is 12.0 Å². The highest BCUT2D eigenvalue weighted by molar-refractivity contribution is 5.95. The number of cyclic esters (lactones) is 1. The number of carbonyl (C=O) groups is 6. The normalized spacial score (nSPS) is 26.8. The zero-order chi connectivity index (χ0) is 50.4. The molecule has 2 aromatic rings. The molecule has 4 aliphatic heterocycles. The summed E-state index contributed by atoms with van der Waals surface area (Å²) in [7, 11) is 0. The Bertz CT molecular complexity index is 2260. The van der Waals surface area contributed by atoms with E-state index < -0.39 is 101 Å². The molecule has 1 saturated carbocycles. The molecule has 7 rings (SSSR count). The lowest BCUT2D eigenvalue weighted by molar-refractivity contribution is -0.224. The molecule has 0 spiro atoms. The lowest BCUT2D eigenvalue weighted by Gasteiger charge is -2.48. The molecule has 0 unspecified atom stereocenters. The summed E-state index contributed by atoms with van der Waals surface area (Å²) >= 11 is 0. The van der Waals surface area contributed by atoms with E-state index in [1.165, 1.54) is 11.1 Å². The van der Waals surface area contributed by atoms with Gasteiger partial charge in [0.1, 0.15) is 42.0 Å². The van der Waals surface area contributed by atoms with Crippen LogP contribution in [0.3, 0.4) is 0 Å². The molecule has 2 amide bonds. The Balaban J connectivity index is 1.14. The zero-order valence-electron chi connectivity index (χ0n) is 41.6. The number of aliphatic hydroxyl groups excluding tert-OH is 1. The number of rotatable bonds is 22. The van der Waals surface area contributed by atoms with Crippen LogP contribution in [0.2, 0.25) is 0 Å². The number of nitrogens with zero attached hydrogens (tertiary/aromatic N) is 1. The van der Waals surface area contributed by atoms with Crippen molar-refractivity contribution in [3.63, 3.8) is 0 Å². The summed E-state index contributed by atoms with van der Waals surface area (Å²) in [5.41, 5.74) is -0.707. The van der Waals surface area contributed by atoms with E-state index in [0.717, 1.165) is 38.5 Å². The molecule has 0 aromatic heterocycles. The maximum absolute atomic E-state index is 15.2. The number of ether oxygens (including phenoxy) is 6. The van der Waals surface area contributed by atoms with Crippen molar-refractivity contribution < 1.29 is 67.1 Å². The van der Waals surface area contributed by atoms with Crippen molar-refractivity contribution in [2.24, 2.45) is 10.8 Å². The van der Waals surface area contributed by atoms with Crippen molar-refractivity contribution in [3.8, 4) is 0 Å². The van der Waals surface area contributed by atoms with Crippen molar-refractivity contribution in [2.75, 3.05) is 13.2 Å². The lowest BCUT2D eigenvalue weighted by atomic mass is 9.62. The summed E-state index contributed by atoms with van der Waals surface area (Å²) < 4.78 is 36.2. The van der Waals surface area contributed by atoms with Crippen molar-refractivity contribution in [3.05, 3.63) is 76.9 Å². The van der Waals surface area contributed by atoms with Crippen LogP contribution in [0.1, 0.15) is 146 Å². The third kappa shape index (κ3) is 11.8. The van der Waals surface area contributed by atoms with Crippen LogP contribution >= 0.6 is 0 Å². The van der Waals surface area contributed by atoms with E-state index in [1.54, 1.807) is 77.1 Å². The summed E-state index contributed by atoms with van der Waals surface area (Å²) in [4.78, 5) is 87.7. The Morgan fingerprint density at radius 2 is 1.66 bits per heavy atom. The average Bonchev–Trinajstić information content (AvgIpc) is 3.96. The molecular formula is C53H71N3O14. The maximum atomic E-state index is 15.2. The van der Waals surface area contributed by atoms with Crippen LogP contribution in [0, 0.1) is 10.8 Å². The van der Waals surface area contributed by atoms with Crippen molar-refractivity contribution >= 4 is 41.8 Å². The number of fused-ring (bicyclic) bond motifs is 4. The Morgan fingerprint density at radius 3 is 2.33 bits per heavy atom. The molecule has 8 atom stereocenters. The third-order valence-electron chi connectivity index (χ3n) is 13.8. The van der Waals surface area contributed by atoms with Gasteiger partial charge in [-0.25, -0.2) is 9.59 Å². The highest BCUT2D eigenvalue weighted by Crippen LogP contribution is 2.58. The molecule has 70 heavy (non-hydrogen) atoms. The fourth-order valence-corrected chi connectivity index (χ4v) is 10.3. The average molecular weight is 974 g/mol. The quantitative estimate of drug-likeness (QED) is 0.0521. The molecule has 17 heteroatoms. The Labute approximate surface area is 410 Å². The molecule has 2 bridgehead atoms. The summed E-state index contributed by atoms with van der Waals surface area (Å²) in [5.74, 6) is -4.29. The third-order valence-corrected chi connectivity index (χ3v) is 13.8. The second-order valence-corrected chi connectivity index (χ2v) is 21.0. The number of esters is 4. The van der Waals surface area contributed by atoms with Gasteiger partial charge < -0.3 is 44.2 Å². The minimum absolute atomic E-state index is 0.00518. The first kappa shape index (κ1) is 52.6. The summed E-state index contributed by atoms with van der Waals surface area (Å²) in [6.07, 6.45) is 5.75. The van der Waals surface area contributed by atoms with Gasteiger partial charge in [0.25, 0.3) is 5.91 Å². The van der Waals surface area contributed by atoms with E-state index in [-0.39, 0.29) is 51.1 Å². The predicted molar refractivity (Wildman–Crippen MR) is 254 cm³/mol. The van der Waals surface area contributed by atoms with Gasteiger partial charge in [-0.05, 0) is 74.9 Å². The van der Waals surface area contributed by atoms with Gasteiger partial charge >= 0.3 is 23.9 Å². The fourth-order valence-electron chi connectivity index (χ4n) is 10.3. The standard InChI is InChI=1S/C53H71N3O14/c1-8-10-14-25-52(26-15-11-9-2)68-41-38-28-53(49(63)54-29-33-17-16-20-35(27-33)46(60)55-37(31-57)22-24-40(59)67-50(3,4)5)43(47(61)65-38)56(70-44(53)42(41)69-52)30-36-19-13-12-18-34(36)21-23-39(58)66-45-48(62)64-32-51(45,6)7/h12-13,16-21,23,27,37-38,41-45,57H,8-11,14-15,22,24-26,28-32H2,1-7H3,(H,54,63)(H,55,60)/t37-,38+,41-,42-,43-,44+,45-,53-/m0/s1. The molecule has 0 radical (unpaired) electrons. The van der Waals surface area contributed by atoms with Crippen molar-refractivity contribution in [1.29, 1.82) is 0 Å². The largest absolute Gasteiger partial charge is 0.462 e. The van der Waals surface area contributed by atoms with Crippen molar-refractivity contribution in [1.82, 2.24) is 15.7 Å². The van der Waals surface area contributed by atoms with E-state index >= 15 is 4.79 Å². The van der Waals surface area contributed by atoms with Crippen LogP contribution in [0.5, 0.6) is 0 Å². The Kier molecular flexibility index (Phi) is 16.6. The number of amides is 2. The van der Waals surface area contributed by atoms with Crippen LogP contribution in [-0.4, -0.2) is 113 Å². The lowest BCUT2D eigenvalue weighted by Crippen LogP contribution is -2.69. The summed E-state index contributed by atoms with van der Waals surface area (Å²) in [6.45, 7) is 12.9. The van der Waals surface area contributed by atoms with E-state index in [4.69, 9.17) is 33.3 Å². The second-order valence-electron chi connectivity index (χ2n) is 21.0. The molecular weight excluding hydrogens is 903 g/mol. The highest BCUT2D eigenvalue weighted by Gasteiger charge is 2.76. The Morgan fingerprint density at radius 1 is 0.943 bits per heavy atom. The first-order valence-corrected chi connectivity index (χ1v) is 25.0. The minimum atomic E-state index is -1.50. The molecule has 3 N–H and O–H groups in total. The first-order valence-electron chi connectivity index (χ1n) is 25.0. The minimum Gasteiger partial charge on any atom is -0.462 e. The van der Waals surface area contributed by atoms with Crippen LogP contribution in [0.4, 0.5) is 0 Å². The van der Waals surface area contributed by atoms with Gasteiger partial charge in [-0.1, -0.05) is 89.8 Å². The maximum Gasteiger partial charge on any atom is 0.348 e. The fraction of sp³-hybridized carbons (Fsp3) is 0.623. The predicted octanol–water partition coefficient (Wildman–Crippen LogP) is 6.16. The van der Waals surface area contributed by atoms with E-state index in [0.29, 0.717) is 29.5 Å². The number of hydrogen-bond donors (Lipinski definition) is 3. The molecule has 5 aliphatic rings. The van der Waals surface area contributed by atoms with Gasteiger partial charge in [-0.2, -0.15) is 5.06 Å². The number of aliphatic hydroxyl groups is 1. The SMILES string of the molecule is CCCCCC1(CCCCC)O[C@@H]2[C@H](O1)[C@H]1ON(Cc3ccccc3C=CC(=O)O[C@H]3C(=O)OCC3(C)C)[C@H]3C(=O)O[C@@H]2C[C@@]13C(=O)NCc1cccc(C(=O)N[C@H](CO)CCC(=O)OC(C)(C)C)c1. The monoisotopic (exact) mass is 973 g/mol. The zero-order valence-corrected chi connectivity index (χ0v) is 41.6. The smallest absolute Gasteiger partial charge is 0.348 e. The highest BCUT2D eigenvalue weighted by atomic mass is 16.8. The molecule has 1 aliphatic carbocycles. The number of carbonyl (C=O) groups excluding carboxylic acids is 6. The molecule has 382 valence electrons. The number of benzene rings is 2. The van der Waals surface area contributed by atoms with Crippen LogP contribution in [0.25, 0.3) is 6.08 Å². The van der Waals surface area contributed by atoms with Gasteiger partial charge in [0, 0.05) is 49.3 Å². The number of hydrogen-bond acceptors (Lipinski definition) is 15. The van der Waals surface area contributed by atoms with E-state index in [9.17, 15) is 29.1 Å². The first-order chi connectivity index (χ1) is 33.3. The second kappa shape index (κ2) is 22.1. The van der Waals surface area contributed by atoms with Crippen LogP contribution in [-0.2, 0) is 70.3 Å². The van der Waals surface area contributed by atoms with Crippen molar-refractivity contribution in [2.45, 2.75) is 186 Å². The number of hydroxylamine groups is 2. The van der Waals surface area contributed by atoms with Gasteiger partial charge in [-0.15, -0.1) is 0 Å². The molecule has 4 heterocycles. The van der Waals surface area contributed by atoms with Gasteiger partial charge in [-0.3, -0.25) is 24.0 Å². The number of nitrogens with one attached hydrogen (secondary N) is 2. The van der Waals surface area contributed by atoms with E-state index in [2.05, 4.69) is 24.5 Å². The molecule has 5 fully saturated rings. The number of unbranched alkanes of at least 4 members (excludes halogenated alkanes) is 4. The van der Waals surface area contributed by atoms with Crippen LogP contribution in [0.15, 0.2) is 54.6 Å². The summed E-state index contributed by atoms with van der Waals surface area (Å²) in [6, 6.07) is 12.0. The molecule has 4 saturated heterocycles. The van der Waals surface area contributed by atoms with Crippen LogP contribution < -0.4 is 10.6 Å². The summed E-state index contributed by atoms with van der Waals surface area (Å²) in [5, 5.41) is 17.4. The Hall–Kier alpha value is -5.20. The molecule has 2 aromatic carbocycles. The van der Waals surface area contributed by atoms with Gasteiger partial charge in [0.15, 0.2) is 11.8 Å². The van der Waals surface area contributed by atoms with Gasteiger partial charge in [0.05, 0.1) is 19.2 Å². The topological polar surface area (TPSA) is 215 Å².